The van der Waals surface area contributed by atoms with Gasteiger partial charge in [0.2, 0.25) is 5.89 Å². The van der Waals surface area contributed by atoms with Crippen molar-refractivity contribution in [3.05, 3.63) is 66.3 Å². The van der Waals surface area contributed by atoms with Crippen LogP contribution in [-0.2, 0) is 16.6 Å². The first-order valence-corrected chi connectivity index (χ1v) is 10.2. The highest BCUT2D eigenvalue weighted by Crippen LogP contribution is 2.53. The number of hydrogen-bond donors (Lipinski definition) is 1. The van der Waals surface area contributed by atoms with Crippen molar-refractivity contribution in [2.75, 3.05) is 11.9 Å². The Morgan fingerprint density at radius 3 is 2.81 bits per heavy atom. The molecule has 2 aliphatic rings. The van der Waals surface area contributed by atoms with Crippen LogP contribution in [0.25, 0.3) is 0 Å². The van der Waals surface area contributed by atoms with Crippen LogP contribution in [0, 0.1) is 0 Å². The quantitative estimate of drug-likeness (QED) is 0.713. The van der Waals surface area contributed by atoms with Crippen molar-refractivity contribution in [1.29, 1.82) is 0 Å². The van der Waals surface area contributed by atoms with Crippen LogP contribution >= 0.6 is 0 Å². The van der Waals surface area contributed by atoms with Crippen molar-refractivity contribution in [2.45, 2.75) is 44.1 Å². The van der Waals surface area contributed by atoms with Crippen molar-refractivity contribution in [3.8, 4) is 0 Å². The molecule has 3 heterocycles. The van der Waals surface area contributed by atoms with E-state index in [1.165, 1.54) is 11.1 Å². The monoisotopic (exact) mass is 420 g/mol. The van der Waals surface area contributed by atoms with Gasteiger partial charge in [-0.1, -0.05) is 30.9 Å². The topological polar surface area (TPSA) is 114 Å². The van der Waals surface area contributed by atoms with Crippen LogP contribution in [0.5, 0.6) is 0 Å². The number of carbonyl (C=O) groups is 2. The third-order valence-corrected chi connectivity index (χ3v) is 5.67. The summed E-state index contributed by atoms with van der Waals surface area (Å²) >= 11 is 0. The Kier molecular flexibility index (Phi) is 5.50. The Hall–Kier alpha value is -3.62. The number of aryl methyl sites for hydroxylation is 1. The molecule has 0 bridgehead atoms. The van der Waals surface area contributed by atoms with Crippen molar-refractivity contribution < 1.29 is 14.0 Å². The van der Waals surface area contributed by atoms with E-state index in [-0.39, 0.29) is 11.8 Å². The molecule has 2 aromatic rings. The molecule has 2 aromatic heterocycles. The predicted molar refractivity (Wildman–Crippen MR) is 113 cm³/mol. The molecule has 2 amide bonds. The van der Waals surface area contributed by atoms with E-state index in [1.54, 1.807) is 13.2 Å². The van der Waals surface area contributed by atoms with Gasteiger partial charge in [-0.25, -0.2) is 4.98 Å². The fourth-order valence-corrected chi connectivity index (χ4v) is 3.66. The summed E-state index contributed by atoms with van der Waals surface area (Å²) in [6, 6.07) is -0.738. The SMILES string of the molecule is C=C(/C=C\C=C/C)C1(c2nnc(C(=O)NC3CCc4nccnc4N(C)C3=O)o2)CC1. The molecule has 0 spiro atoms. The molecular weight excluding hydrogens is 396 g/mol. The Morgan fingerprint density at radius 1 is 1.29 bits per heavy atom. The van der Waals surface area contributed by atoms with Crippen LogP contribution in [-0.4, -0.2) is 45.1 Å². The lowest BCUT2D eigenvalue weighted by atomic mass is 9.97. The highest BCUT2D eigenvalue weighted by Gasteiger charge is 2.51. The summed E-state index contributed by atoms with van der Waals surface area (Å²) in [4.78, 5) is 35.5. The number of fused-ring (bicyclic) bond motifs is 1. The maximum absolute atomic E-state index is 12.8. The Balaban J connectivity index is 1.46. The van der Waals surface area contributed by atoms with Gasteiger partial charge in [-0.3, -0.25) is 19.5 Å². The van der Waals surface area contributed by atoms with E-state index in [9.17, 15) is 9.59 Å². The van der Waals surface area contributed by atoms with E-state index >= 15 is 0 Å². The Bertz CT molecular complexity index is 1080. The van der Waals surface area contributed by atoms with Crippen molar-refractivity contribution >= 4 is 17.6 Å². The van der Waals surface area contributed by atoms with Gasteiger partial charge in [-0.15, -0.1) is 10.2 Å². The minimum atomic E-state index is -0.738. The number of hydrogen-bond acceptors (Lipinski definition) is 7. The zero-order valence-corrected chi connectivity index (χ0v) is 17.5. The number of nitrogens with zero attached hydrogens (tertiary/aromatic N) is 5. The molecule has 9 heteroatoms. The van der Waals surface area contributed by atoms with Crippen LogP contribution in [0.4, 0.5) is 5.82 Å². The zero-order valence-electron chi connectivity index (χ0n) is 17.5. The number of nitrogens with one attached hydrogen (secondary N) is 1. The minimum absolute atomic E-state index is 0.167. The molecule has 1 atom stereocenters. The highest BCUT2D eigenvalue weighted by atomic mass is 16.4. The summed E-state index contributed by atoms with van der Waals surface area (Å²) in [5.74, 6) is -0.140. The number of carbonyl (C=O) groups excluding carboxylic acids is 2. The van der Waals surface area contributed by atoms with E-state index in [1.807, 2.05) is 31.2 Å². The maximum Gasteiger partial charge on any atom is 0.309 e. The molecule has 0 radical (unpaired) electrons. The number of anilines is 1. The van der Waals surface area contributed by atoms with Gasteiger partial charge in [-0.2, -0.15) is 0 Å². The molecule has 9 nitrogen and oxygen atoms in total. The van der Waals surface area contributed by atoms with E-state index < -0.39 is 17.4 Å². The summed E-state index contributed by atoms with van der Waals surface area (Å²) in [6.07, 6.45) is 13.4. The van der Waals surface area contributed by atoms with E-state index in [4.69, 9.17) is 4.42 Å². The summed E-state index contributed by atoms with van der Waals surface area (Å²) in [6.45, 7) is 6.06. The third-order valence-electron chi connectivity index (χ3n) is 5.67. The van der Waals surface area contributed by atoms with Crippen LogP contribution in [0.2, 0.25) is 0 Å². The van der Waals surface area contributed by atoms with Crippen molar-refractivity contribution in [2.24, 2.45) is 0 Å². The predicted octanol–water partition coefficient (Wildman–Crippen LogP) is 2.29. The van der Waals surface area contributed by atoms with E-state index in [0.717, 1.165) is 24.1 Å². The molecule has 0 aromatic carbocycles. The average molecular weight is 420 g/mol. The molecule has 160 valence electrons. The summed E-state index contributed by atoms with van der Waals surface area (Å²) in [7, 11) is 1.62. The smallest absolute Gasteiger partial charge is 0.309 e. The standard InChI is InChI=1S/C22H24N6O3/c1-4-5-6-7-14(2)22(10-11-22)21-27-26-19(31-21)18(29)25-16-9-8-15-17(24-13-12-23-15)28(3)20(16)30/h4-7,12-13,16H,2,8-11H2,1,3H3,(H,25,29)/b5-4-,7-6-. The number of allylic oxidation sites excluding steroid dienone is 5. The number of aromatic nitrogens is 4. The molecule has 1 aliphatic carbocycles. The third kappa shape index (κ3) is 3.90. The summed E-state index contributed by atoms with van der Waals surface area (Å²) in [5, 5.41) is 10.7. The van der Waals surface area contributed by atoms with Gasteiger partial charge in [0, 0.05) is 19.4 Å². The van der Waals surface area contributed by atoms with E-state index in [0.29, 0.717) is 24.6 Å². The second-order valence-electron chi connectivity index (χ2n) is 7.69. The molecule has 4 rings (SSSR count). The fourth-order valence-electron chi connectivity index (χ4n) is 3.66. The average Bonchev–Trinajstić information content (AvgIpc) is 3.46. The molecular formula is C22H24N6O3. The lowest BCUT2D eigenvalue weighted by molar-refractivity contribution is -0.120. The van der Waals surface area contributed by atoms with Gasteiger partial charge < -0.3 is 9.73 Å². The highest BCUT2D eigenvalue weighted by molar-refractivity contribution is 6.01. The largest absolute Gasteiger partial charge is 0.416 e. The van der Waals surface area contributed by atoms with Crippen molar-refractivity contribution in [3.63, 3.8) is 0 Å². The maximum atomic E-state index is 12.8. The van der Waals surface area contributed by atoms with E-state index in [2.05, 4.69) is 32.1 Å². The molecule has 0 saturated heterocycles. The number of rotatable bonds is 6. The number of likely N-dealkylation sites (N-methyl/N-ethyl adjacent to an activating group) is 1. The fraction of sp³-hybridized carbons (Fsp3) is 0.364. The lowest BCUT2D eigenvalue weighted by Gasteiger charge is -2.20. The summed E-state index contributed by atoms with van der Waals surface area (Å²) < 4.78 is 5.70. The van der Waals surface area contributed by atoms with Gasteiger partial charge in [0.15, 0.2) is 5.82 Å². The Labute approximate surface area is 180 Å². The normalized spacial score (nSPS) is 20.0. The second kappa shape index (κ2) is 8.25. The molecule has 1 N–H and O–H groups in total. The van der Waals surface area contributed by atoms with Gasteiger partial charge in [0.25, 0.3) is 5.91 Å². The van der Waals surface area contributed by atoms with Crippen molar-refractivity contribution in [1.82, 2.24) is 25.5 Å². The van der Waals surface area contributed by atoms with Gasteiger partial charge >= 0.3 is 11.8 Å². The minimum Gasteiger partial charge on any atom is -0.416 e. The Morgan fingerprint density at radius 2 is 2.06 bits per heavy atom. The molecule has 31 heavy (non-hydrogen) atoms. The van der Waals surface area contributed by atoms with Crippen LogP contribution in [0.3, 0.4) is 0 Å². The van der Waals surface area contributed by atoms with Crippen LogP contribution in [0.15, 0.2) is 53.3 Å². The molecule has 1 fully saturated rings. The second-order valence-corrected chi connectivity index (χ2v) is 7.69. The first-order chi connectivity index (χ1) is 15.0. The lowest BCUT2D eigenvalue weighted by Crippen LogP contribution is -2.47. The zero-order chi connectivity index (χ0) is 22.0. The van der Waals surface area contributed by atoms with Gasteiger partial charge in [-0.05, 0) is 38.2 Å². The molecule has 1 unspecified atom stereocenters. The molecule has 1 saturated carbocycles. The first kappa shape index (κ1) is 20.6. The first-order valence-electron chi connectivity index (χ1n) is 10.2. The van der Waals surface area contributed by atoms with Crippen LogP contribution in [0.1, 0.15) is 48.5 Å². The van der Waals surface area contributed by atoms with Gasteiger partial charge in [0.05, 0.1) is 11.1 Å². The number of amides is 2. The molecule has 1 aliphatic heterocycles. The van der Waals surface area contributed by atoms with Crippen LogP contribution < -0.4 is 10.2 Å². The summed E-state index contributed by atoms with van der Waals surface area (Å²) in [5.41, 5.74) is 1.16. The van der Waals surface area contributed by atoms with Gasteiger partial charge in [0.1, 0.15) is 6.04 Å².